The number of hydrogen-bond acceptors (Lipinski definition) is 4. The zero-order valence-electron chi connectivity index (χ0n) is 13.2. The van der Waals surface area contributed by atoms with Crippen LogP contribution in [0.4, 0.5) is 0 Å². The number of likely N-dealkylation sites (N-methyl/N-ethyl adjacent to an activating group) is 1. The Morgan fingerprint density at radius 1 is 1.19 bits per heavy atom. The minimum absolute atomic E-state index is 0.159. The van der Waals surface area contributed by atoms with Crippen LogP contribution in [0.25, 0.3) is 0 Å². The first kappa shape index (κ1) is 16.0. The van der Waals surface area contributed by atoms with E-state index < -0.39 is 0 Å². The molecule has 0 aliphatic carbocycles. The van der Waals surface area contributed by atoms with Crippen LogP contribution in [-0.4, -0.2) is 53.2 Å². The maximum atomic E-state index is 11.7. The molecule has 5 nitrogen and oxygen atoms in total. The molecule has 0 amide bonds. The highest BCUT2D eigenvalue weighted by Crippen LogP contribution is 2.14. The fraction of sp³-hybridized carbons (Fsp3) is 0.688. The molecule has 5 heteroatoms. The van der Waals surface area contributed by atoms with Gasteiger partial charge in [0.25, 0.3) is 0 Å². The summed E-state index contributed by atoms with van der Waals surface area (Å²) in [6, 6.07) is 1.59. The van der Waals surface area contributed by atoms with E-state index >= 15 is 0 Å². The zero-order chi connectivity index (χ0) is 15.2. The zero-order valence-corrected chi connectivity index (χ0v) is 13.2. The monoisotopic (exact) mass is 293 g/mol. The third kappa shape index (κ3) is 4.86. The lowest BCUT2D eigenvalue weighted by Crippen LogP contribution is -2.28. The maximum absolute atomic E-state index is 11.7. The van der Waals surface area contributed by atoms with Crippen molar-refractivity contribution in [3.63, 3.8) is 0 Å². The lowest BCUT2D eigenvalue weighted by Gasteiger charge is -2.23. The average molecular weight is 293 g/mol. The van der Waals surface area contributed by atoms with Gasteiger partial charge in [0.1, 0.15) is 0 Å². The van der Waals surface area contributed by atoms with Crippen LogP contribution in [0.1, 0.15) is 31.4 Å². The summed E-state index contributed by atoms with van der Waals surface area (Å²) < 4.78 is 2.02. The van der Waals surface area contributed by atoms with Gasteiger partial charge in [-0.05, 0) is 40.0 Å². The summed E-state index contributed by atoms with van der Waals surface area (Å²) in [7, 11) is 4.05. The summed E-state index contributed by atoms with van der Waals surface area (Å²) in [5, 5.41) is 9.68. The predicted molar refractivity (Wildman–Crippen MR) is 84.7 cm³/mol. The van der Waals surface area contributed by atoms with Crippen LogP contribution in [0.15, 0.2) is 17.1 Å². The molecule has 118 valence electrons. The molecule has 0 radical (unpaired) electrons. The normalized spacial score (nSPS) is 17.1. The van der Waals surface area contributed by atoms with Crippen LogP contribution in [-0.2, 0) is 13.1 Å². The van der Waals surface area contributed by atoms with Crippen LogP contribution < -0.4 is 5.43 Å². The molecule has 1 saturated heterocycles. The summed E-state index contributed by atoms with van der Waals surface area (Å²) in [4.78, 5) is 16.3. The highest BCUT2D eigenvalue weighted by molar-refractivity contribution is 5.20. The van der Waals surface area contributed by atoms with Gasteiger partial charge in [-0.2, -0.15) is 0 Å². The Kier molecular flexibility index (Phi) is 5.82. The van der Waals surface area contributed by atoms with Gasteiger partial charge in [0.15, 0.2) is 5.75 Å². The molecule has 21 heavy (non-hydrogen) atoms. The molecule has 0 spiro atoms. The molecule has 1 aromatic heterocycles. The van der Waals surface area contributed by atoms with Crippen LogP contribution in [0.3, 0.4) is 0 Å². The van der Waals surface area contributed by atoms with Gasteiger partial charge in [0, 0.05) is 31.4 Å². The summed E-state index contributed by atoms with van der Waals surface area (Å²) in [6.45, 7) is 4.66. The number of aromatic hydroxyl groups is 1. The van der Waals surface area contributed by atoms with Gasteiger partial charge in [-0.3, -0.25) is 9.69 Å². The third-order valence-electron chi connectivity index (χ3n) is 4.07. The van der Waals surface area contributed by atoms with E-state index in [1.807, 2.05) is 18.7 Å². The largest absolute Gasteiger partial charge is 0.503 e. The summed E-state index contributed by atoms with van der Waals surface area (Å²) >= 11 is 0. The topological polar surface area (TPSA) is 48.7 Å². The van der Waals surface area contributed by atoms with E-state index in [2.05, 4.69) is 9.80 Å². The molecule has 1 fully saturated rings. The third-order valence-corrected chi connectivity index (χ3v) is 4.07. The smallest absolute Gasteiger partial charge is 0.223 e. The van der Waals surface area contributed by atoms with Crippen molar-refractivity contribution in [1.29, 1.82) is 0 Å². The van der Waals surface area contributed by atoms with Crippen LogP contribution in [0, 0.1) is 0 Å². The SMILES string of the molecule is CN(C)CCn1cc(O)c(=O)cc1CN1CCCCCC1. The van der Waals surface area contributed by atoms with Crippen LogP contribution in [0.5, 0.6) is 5.75 Å². The molecule has 1 N–H and O–H groups in total. The van der Waals surface area contributed by atoms with E-state index in [4.69, 9.17) is 0 Å². The number of aromatic nitrogens is 1. The van der Waals surface area contributed by atoms with Gasteiger partial charge in [-0.15, -0.1) is 0 Å². The van der Waals surface area contributed by atoms with Crippen molar-refractivity contribution >= 4 is 0 Å². The Morgan fingerprint density at radius 3 is 2.48 bits per heavy atom. The fourth-order valence-corrected chi connectivity index (χ4v) is 2.78. The van der Waals surface area contributed by atoms with Gasteiger partial charge in [-0.25, -0.2) is 0 Å². The Morgan fingerprint density at radius 2 is 1.86 bits per heavy atom. The van der Waals surface area contributed by atoms with Crippen molar-refractivity contribution < 1.29 is 5.11 Å². The Bertz CT molecular complexity index is 503. The average Bonchev–Trinajstić information content (AvgIpc) is 2.69. The first-order valence-electron chi connectivity index (χ1n) is 7.85. The summed E-state index contributed by atoms with van der Waals surface area (Å²) in [5.41, 5.74) is 0.725. The number of likely N-dealkylation sites (tertiary alicyclic amines) is 1. The number of rotatable bonds is 5. The molecule has 1 aromatic rings. The van der Waals surface area contributed by atoms with Crippen molar-refractivity contribution in [2.45, 2.75) is 38.8 Å². The fourth-order valence-electron chi connectivity index (χ4n) is 2.78. The molecule has 2 heterocycles. The van der Waals surface area contributed by atoms with Crippen molar-refractivity contribution in [2.24, 2.45) is 0 Å². The van der Waals surface area contributed by atoms with E-state index in [1.165, 1.54) is 25.7 Å². The molecule has 0 atom stereocenters. The van der Waals surface area contributed by atoms with Crippen molar-refractivity contribution in [1.82, 2.24) is 14.4 Å². The molecule has 2 rings (SSSR count). The first-order valence-corrected chi connectivity index (χ1v) is 7.85. The van der Waals surface area contributed by atoms with Crippen molar-refractivity contribution in [3.05, 3.63) is 28.2 Å². The molecule has 0 aromatic carbocycles. The van der Waals surface area contributed by atoms with Gasteiger partial charge in [-0.1, -0.05) is 12.8 Å². The van der Waals surface area contributed by atoms with E-state index in [1.54, 1.807) is 12.3 Å². The standard InChI is InChI=1S/C16H27N3O2/c1-17(2)9-10-19-13-16(21)15(20)11-14(19)12-18-7-5-3-4-6-8-18/h11,13,21H,3-10,12H2,1-2H3. The van der Waals surface area contributed by atoms with Gasteiger partial charge < -0.3 is 14.6 Å². The Labute approximate surface area is 126 Å². The van der Waals surface area contributed by atoms with E-state index in [-0.39, 0.29) is 11.2 Å². The quantitative estimate of drug-likeness (QED) is 0.893. The summed E-state index contributed by atoms with van der Waals surface area (Å²) in [5.74, 6) is -0.159. The second-order valence-corrected chi connectivity index (χ2v) is 6.20. The maximum Gasteiger partial charge on any atom is 0.223 e. The Balaban J connectivity index is 2.15. The molecule has 0 saturated carbocycles. The second-order valence-electron chi connectivity index (χ2n) is 6.20. The minimum atomic E-state index is -0.277. The lowest BCUT2D eigenvalue weighted by atomic mass is 10.2. The van der Waals surface area contributed by atoms with Crippen LogP contribution >= 0.6 is 0 Å². The minimum Gasteiger partial charge on any atom is -0.503 e. The lowest BCUT2D eigenvalue weighted by molar-refractivity contribution is 0.266. The number of hydrogen-bond donors (Lipinski definition) is 1. The second kappa shape index (κ2) is 7.61. The van der Waals surface area contributed by atoms with E-state index in [0.717, 1.165) is 38.4 Å². The first-order chi connectivity index (χ1) is 10.1. The van der Waals surface area contributed by atoms with Crippen molar-refractivity contribution in [2.75, 3.05) is 33.7 Å². The molecular weight excluding hydrogens is 266 g/mol. The van der Waals surface area contributed by atoms with Crippen molar-refractivity contribution in [3.8, 4) is 5.75 Å². The van der Waals surface area contributed by atoms with Gasteiger partial charge in [0.2, 0.25) is 5.43 Å². The Hall–Kier alpha value is -1.33. The van der Waals surface area contributed by atoms with Gasteiger partial charge in [0.05, 0.1) is 6.20 Å². The molecule has 1 aliphatic rings. The predicted octanol–water partition coefficient (Wildman–Crippen LogP) is 1.49. The van der Waals surface area contributed by atoms with Gasteiger partial charge >= 0.3 is 0 Å². The highest BCUT2D eigenvalue weighted by atomic mass is 16.3. The number of nitrogens with zero attached hydrogens (tertiary/aromatic N) is 3. The molecule has 0 bridgehead atoms. The summed E-state index contributed by atoms with van der Waals surface area (Å²) in [6.07, 6.45) is 6.66. The molecule has 1 aliphatic heterocycles. The molecular formula is C16H27N3O2. The van der Waals surface area contributed by atoms with Crippen LogP contribution in [0.2, 0.25) is 0 Å². The van der Waals surface area contributed by atoms with E-state index in [0.29, 0.717) is 0 Å². The molecule has 0 unspecified atom stereocenters. The number of pyridine rings is 1. The van der Waals surface area contributed by atoms with E-state index in [9.17, 15) is 9.90 Å². The highest BCUT2D eigenvalue weighted by Gasteiger charge is 2.13.